The molecule has 0 amide bonds. The summed E-state index contributed by atoms with van der Waals surface area (Å²) in [6, 6.07) is 0. The fourth-order valence-electron chi connectivity index (χ4n) is 3.08. The Balaban J connectivity index is 4.89. The van der Waals surface area contributed by atoms with Crippen molar-refractivity contribution >= 4 is 11.9 Å². The number of aliphatic carboxylic acids is 2. The molecule has 0 radical (unpaired) electrons. The first-order valence-electron chi connectivity index (χ1n) is 8.42. The molecule has 0 aromatic rings. The van der Waals surface area contributed by atoms with Gasteiger partial charge >= 0.3 is 11.9 Å². The first-order valence-corrected chi connectivity index (χ1v) is 8.42. The molecule has 2 N–H and O–H groups in total. The summed E-state index contributed by atoms with van der Waals surface area (Å²) in [5, 5.41) is 19.2. The van der Waals surface area contributed by atoms with E-state index >= 15 is 0 Å². The number of hydrogen-bond acceptors (Lipinski definition) is 2. The Morgan fingerprint density at radius 3 is 1.90 bits per heavy atom. The summed E-state index contributed by atoms with van der Waals surface area (Å²) in [6.07, 6.45) is 8.17. The Labute approximate surface area is 128 Å². The highest BCUT2D eigenvalue weighted by atomic mass is 16.4. The highest BCUT2D eigenvalue weighted by Crippen LogP contribution is 2.40. The zero-order valence-corrected chi connectivity index (χ0v) is 13.9. The van der Waals surface area contributed by atoms with Gasteiger partial charge in [-0.25, -0.2) is 0 Å². The SMILES string of the molecule is CCCCCCCC(C(=O)O)C(CC)(CCCC)C(=O)O. The lowest BCUT2D eigenvalue weighted by Crippen LogP contribution is -2.42. The Hall–Kier alpha value is -1.06. The van der Waals surface area contributed by atoms with Crippen molar-refractivity contribution in [2.45, 2.75) is 85.0 Å². The minimum Gasteiger partial charge on any atom is -0.481 e. The average Bonchev–Trinajstić information content (AvgIpc) is 2.44. The third kappa shape index (κ3) is 6.06. The van der Waals surface area contributed by atoms with Gasteiger partial charge in [0.2, 0.25) is 0 Å². The van der Waals surface area contributed by atoms with E-state index in [-0.39, 0.29) is 0 Å². The molecule has 0 aromatic carbocycles. The normalized spacial score (nSPS) is 15.4. The predicted octanol–water partition coefficient (Wildman–Crippen LogP) is 4.72. The maximum atomic E-state index is 11.8. The molecule has 0 saturated heterocycles. The van der Waals surface area contributed by atoms with E-state index in [0.29, 0.717) is 19.3 Å². The van der Waals surface area contributed by atoms with Crippen LogP contribution < -0.4 is 0 Å². The van der Waals surface area contributed by atoms with E-state index in [0.717, 1.165) is 44.9 Å². The summed E-state index contributed by atoms with van der Waals surface area (Å²) in [5.74, 6) is -2.67. The Kier molecular flexibility index (Phi) is 10.1. The molecule has 0 aliphatic rings. The Bertz CT molecular complexity index is 314. The van der Waals surface area contributed by atoms with Crippen LogP contribution in [0.3, 0.4) is 0 Å². The minimum atomic E-state index is -1.10. The average molecular weight is 300 g/mol. The van der Waals surface area contributed by atoms with E-state index in [2.05, 4.69) is 6.92 Å². The molecule has 0 saturated carbocycles. The van der Waals surface area contributed by atoms with Crippen LogP contribution in [0.15, 0.2) is 0 Å². The lowest BCUT2D eigenvalue weighted by Gasteiger charge is -2.34. The molecule has 2 unspecified atom stereocenters. The number of carboxylic acids is 2. The molecule has 2 atom stereocenters. The third-order valence-corrected chi connectivity index (χ3v) is 4.59. The topological polar surface area (TPSA) is 74.6 Å². The van der Waals surface area contributed by atoms with Crippen molar-refractivity contribution in [2.24, 2.45) is 11.3 Å². The van der Waals surface area contributed by atoms with E-state index < -0.39 is 23.3 Å². The monoisotopic (exact) mass is 300 g/mol. The van der Waals surface area contributed by atoms with Crippen molar-refractivity contribution in [1.82, 2.24) is 0 Å². The molecular weight excluding hydrogens is 268 g/mol. The summed E-state index contributed by atoms with van der Waals surface area (Å²) >= 11 is 0. The van der Waals surface area contributed by atoms with Gasteiger partial charge in [-0.3, -0.25) is 9.59 Å². The summed E-state index contributed by atoms with van der Waals surface area (Å²) < 4.78 is 0. The van der Waals surface area contributed by atoms with E-state index in [1.807, 2.05) is 6.92 Å². The molecule has 0 heterocycles. The fourth-order valence-corrected chi connectivity index (χ4v) is 3.08. The molecular formula is C17H32O4. The van der Waals surface area contributed by atoms with Gasteiger partial charge in [0.05, 0.1) is 11.3 Å². The summed E-state index contributed by atoms with van der Waals surface area (Å²) in [4.78, 5) is 23.4. The highest BCUT2D eigenvalue weighted by molar-refractivity contribution is 5.83. The van der Waals surface area contributed by atoms with Crippen LogP contribution in [0.5, 0.6) is 0 Å². The number of unbranched alkanes of at least 4 members (excludes halogenated alkanes) is 5. The van der Waals surface area contributed by atoms with Crippen molar-refractivity contribution in [3.05, 3.63) is 0 Å². The third-order valence-electron chi connectivity index (χ3n) is 4.59. The van der Waals surface area contributed by atoms with Gasteiger partial charge in [-0.1, -0.05) is 65.7 Å². The second-order valence-corrected chi connectivity index (χ2v) is 6.01. The van der Waals surface area contributed by atoms with Gasteiger partial charge in [-0.15, -0.1) is 0 Å². The van der Waals surface area contributed by atoms with Crippen LogP contribution in [0.2, 0.25) is 0 Å². The molecule has 0 aliphatic carbocycles. The van der Waals surface area contributed by atoms with Gasteiger partial charge in [0.1, 0.15) is 0 Å². The predicted molar refractivity (Wildman–Crippen MR) is 84.4 cm³/mol. The van der Waals surface area contributed by atoms with Crippen molar-refractivity contribution in [3.63, 3.8) is 0 Å². The van der Waals surface area contributed by atoms with Crippen molar-refractivity contribution < 1.29 is 19.8 Å². The smallest absolute Gasteiger partial charge is 0.310 e. The number of hydrogen-bond donors (Lipinski definition) is 2. The zero-order chi connectivity index (χ0) is 16.3. The minimum absolute atomic E-state index is 0.383. The molecule has 124 valence electrons. The first kappa shape index (κ1) is 19.9. The van der Waals surface area contributed by atoms with Crippen LogP contribution in [0, 0.1) is 11.3 Å². The molecule has 4 nitrogen and oxygen atoms in total. The van der Waals surface area contributed by atoms with E-state index in [1.54, 1.807) is 6.92 Å². The summed E-state index contributed by atoms with van der Waals surface area (Å²) in [5.41, 5.74) is -1.10. The standard InChI is InChI=1S/C17H32O4/c1-4-7-9-10-11-12-14(15(18)19)17(6-3,16(20)21)13-8-5-2/h14H,4-13H2,1-3H3,(H,18,19)(H,20,21). The molecule has 0 rings (SSSR count). The quantitative estimate of drug-likeness (QED) is 0.483. The van der Waals surface area contributed by atoms with E-state index in [1.165, 1.54) is 0 Å². The van der Waals surface area contributed by atoms with Crippen LogP contribution >= 0.6 is 0 Å². The van der Waals surface area contributed by atoms with E-state index in [4.69, 9.17) is 0 Å². The van der Waals surface area contributed by atoms with Crippen LogP contribution in [0.4, 0.5) is 0 Å². The van der Waals surface area contributed by atoms with Gasteiger partial charge in [-0.05, 0) is 19.3 Å². The van der Waals surface area contributed by atoms with Crippen molar-refractivity contribution in [1.29, 1.82) is 0 Å². The second kappa shape index (κ2) is 10.6. The Morgan fingerprint density at radius 1 is 0.905 bits per heavy atom. The molecule has 0 aromatic heterocycles. The van der Waals surface area contributed by atoms with E-state index in [9.17, 15) is 19.8 Å². The van der Waals surface area contributed by atoms with Crippen LogP contribution in [0.25, 0.3) is 0 Å². The Morgan fingerprint density at radius 2 is 1.48 bits per heavy atom. The van der Waals surface area contributed by atoms with Gasteiger partial charge in [-0.2, -0.15) is 0 Å². The van der Waals surface area contributed by atoms with Crippen molar-refractivity contribution in [3.8, 4) is 0 Å². The summed E-state index contributed by atoms with van der Waals surface area (Å²) in [7, 11) is 0. The number of carbonyl (C=O) groups is 2. The molecule has 0 spiro atoms. The van der Waals surface area contributed by atoms with Crippen molar-refractivity contribution in [2.75, 3.05) is 0 Å². The largest absolute Gasteiger partial charge is 0.481 e. The lowest BCUT2D eigenvalue weighted by molar-refractivity contribution is -0.164. The zero-order valence-electron chi connectivity index (χ0n) is 13.9. The second-order valence-electron chi connectivity index (χ2n) is 6.01. The molecule has 21 heavy (non-hydrogen) atoms. The fraction of sp³-hybridized carbons (Fsp3) is 0.882. The van der Waals surface area contributed by atoms with Gasteiger partial charge in [0.25, 0.3) is 0 Å². The van der Waals surface area contributed by atoms with Gasteiger partial charge < -0.3 is 10.2 Å². The maximum Gasteiger partial charge on any atom is 0.310 e. The first-order chi connectivity index (χ1) is 9.96. The summed E-state index contributed by atoms with van der Waals surface area (Å²) in [6.45, 7) is 5.94. The molecule has 0 fully saturated rings. The maximum absolute atomic E-state index is 11.8. The van der Waals surface area contributed by atoms with Gasteiger partial charge in [0, 0.05) is 0 Å². The van der Waals surface area contributed by atoms with Crippen LogP contribution in [0.1, 0.15) is 85.0 Å². The number of carboxylic acid groups (broad SMARTS) is 2. The van der Waals surface area contributed by atoms with Crippen LogP contribution in [-0.2, 0) is 9.59 Å². The lowest BCUT2D eigenvalue weighted by atomic mass is 9.68. The molecule has 0 bridgehead atoms. The van der Waals surface area contributed by atoms with Crippen LogP contribution in [-0.4, -0.2) is 22.2 Å². The number of rotatable bonds is 13. The molecule has 0 aliphatic heterocycles. The highest BCUT2D eigenvalue weighted by Gasteiger charge is 2.47. The molecule has 4 heteroatoms. The van der Waals surface area contributed by atoms with Gasteiger partial charge in [0.15, 0.2) is 0 Å².